The smallest absolute Gasteiger partial charge is 0.280 e. The normalized spacial score (nSPS) is 12.2. The molecule has 2 rings (SSSR count). The van der Waals surface area contributed by atoms with E-state index in [1.807, 2.05) is 0 Å². The van der Waals surface area contributed by atoms with Crippen molar-refractivity contribution in [3.8, 4) is 0 Å². The molecule has 0 saturated heterocycles. The van der Waals surface area contributed by atoms with Gasteiger partial charge in [0.05, 0.1) is 10.5 Å². The molecule has 0 unspecified atom stereocenters. The van der Waals surface area contributed by atoms with Crippen LogP contribution < -0.4 is 4.72 Å². The van der Waals surface area contributed by atoms with Crippen molar-refractivity contribution < 1.29 is 21.6 Å². The van der Waals surface area contributed by atoms with Crippen molar-refractivity contribution in [3.05, 3.63) is 59.7 Å². The maximum absolute atomic E-state index is 12.6. The Hall–Kier alpha value is -2.02. The summed E-state index contributed by atoms with van der Waals surface area (Å²) in [7, 11) is -3.92. The number of alkyl halides is 3. The Labute approximate surface area is 120 Å². The minimum Gasteiger partial charge on any atom is -0.280 e. The van der Waals surface area contributed by atoms with Gasteiger partial charge in [-0.3, -0.25) is 4.72 Å². The summed E-state index contributed by atoms with van der Waals surface area (Å²) in [4.78, 5) is -0.0000817. The molecule has 7 heteroatoms. The summed E-state index contributed by atoms with van der Waals surface area (Å²) in [5.74, 6) is 0. The molecule has 2 aromatic rings. The van der Waals surface area contributed by atoms with Gasteiger partial charge in [0, 0.05) is 5.69 Å². The van der Waals surface area contributed by atoms with Crippen molar-refractivity contribution in [2.75, 3.05) is 4.72 Å². The van der Waals surface area contributed by atoms with Crippen LogP contribution in [-0.2, 0) is 16.2 Å². The second kappa shape index (κ2) is 5.40. The molecule has 1 N–H and O–H groups in total. The Morgan fingerprint density at radius 3 is 2.29 bits per heavy atom. The SMILES string of the molecule is Cc1cccc(S(=O)(=O)Nc2cccc(C(F)(F)F)c2)c1. The molecule has 21 heavy (non-hydrogen) atoms. The second-order valence-corrected chi connectivity index (χ2v) is 6.18. The first kappa shape index (κ1) is 15.4. The average molecular weight is 315 g/mol. The number of rotatable bonds is 3. The predicted molar refractivity (Wildman–Crippen MR) is 73.4 cm³/mol. The van der Waals surface area contributed by atoms with Gasteiger partial charge < -0.3 is 0 Å². The Morgan fingerprint density at radius 1 is 1.00 bits per heavy atom. The minimum absolute atomic E-state index is 0.0000817. The fraction of sp³-hybridized carbons (Fsp3) is 0.143. The van der Waals surface area contributed by atoms with Crippen molar-refractivity contribution in [3.63, 3.8) is 0 Å². The van der Waals surface area contributed by atoms with Gasteiger partial charge in [0.1, 0.15) is 0 Å². The van der Waals surface area contributed by atoms with Gasteiger partial charge in [-0.25, -0.2) is 8.42 Å². The van der Waals surface area contributed by atoms with E-state index in [2.05, 4.69) is 4.72 Å². The zero-order valence-corrected chi connectivity index (χ0v) is 11.8. The lowest BCUT2D eigenvalue weighted by molar-refractivity contribution is -0.137. The van der Waals surface area contributed by atoms with Crippen LogP contribution in [0, 0.1) is 6.92 Å². The zero-order valence-electron chi connectivity index (χ0n) is 11.0. The summed E-state index contributed by atoms with van der Waals surface area (Å²) in [5, 5.41) is 0. The van der Waals surface area contributed by atoms with Gasteiger partial charge >= 0.3 is 6.18 Å². The average Bonchev–Trinajstić information content (AvgIpc) is 2.37. The Balaban J connectivity index is 2.33. The molecule has 3 nitrogen and oxygen atoms in total. The van der Waals surface area contributed by atoms with Gasteiger partial charge in [0.2, 0.25) is 0 Å². The molecule has 0 radical (unpaired) electrons. The summed E-state index contributed by atoms with van der Waals surface area (Å²) in [6, 6.07) is 10.2. The van der Waals surface area contributed by atoms with Crippen LogP contribution in [-0.4, -0.2) is 8.42 Å². The molecule has 0 heterocycles. The fourth-order valence-corrected chi connectivity index (χ4v) is 2.91. The van der Waals surface area contributed by atoms with Crippen LogP contribution in [0.15, 0.2) is 53.4 Å². The number of benzene rings is 2. The van der Waals surface area contributed by atoms with Gasteiger partial charge in [0.15, 0.2) is 0 Å². The molecule has 2 aromatic carbocycles. The van der Waals surface area contributed by atoms with E-state index in [-0.39, 0.29) is 10.6 Å². The highest BCUT2D eigenvalue weighted by atomic mass is 32.2. The van der Waals surface area contributed by atoms with Gasteiger partial charge in [0.25, 0.3) is 10.0 Å². The van der Waals surface area contributed by atoms with Crippen molar-refractivity contribution in [1.29, 1.82) is 0 Å². The molecular weight excluding hydrogens is 303 g/mol. The monoisotopic (exact) mass is 315 g/mol. The van der Waals surface area contributed by atoms with Crippen LogP contribution in [0.1, 0.15) is 11.1 Å². The predicted octanol–water partition coefficient (Wildman–Crippen LogP) is 3.81. The van der Waals surface area contributed by atoms with Crippen molar-refractivity contribution in [2.24, 2.45) is 0 Å². The quantitative estimate of drug-likeness (QED) is 0.936. The van der Waals surface area contributed by atoms with Crippen LogP contribution in [0.4, 0.5) is 18.9 Å². The van der Waals surface area contributed by atoms with Crippen LogP contribution in [0.5, 0.6) is 0 Å². The first-order chi connectivity index (χ1) is 9.68. The summed E-state index contributed by atoms with van der Waals surface area (Å²) >= 11 is 0. The molecular formula is C14H12F3NO2S. The molecule has 0 spiro atoms. The molecule has 0 fully saturated rings. The third-order valence-electron chi connectivity index (χ3n) is 2.74. The fourth-order valence-electron chi connectivity index (χ4n) is 1.76. The third-order valence-corrected chi connectivity index (χ3v) is 4.12. The largest absolute Gasteiger partial charge is 0.416 e. The van der Waals surface area contributed by atoms with E-state index in [1.54, 1.807) is 19.1 Å². The van der Waals surface area contributed by atoms with Gasteiger partial charge in [-0.1, -0.05) is 18.2 Å². The van der Waals surface area contributed by atoms with Crippen molar-refractivity contribution in [2.45, 2.75) is 18.0 Å². The first-order valence-corrected chi connectivity index (χ1v) is 7.43. The van der Waals surface area contributed by atoms with E-state index in [0.717, 1.165) is 23.8 Å². The Bertz CT molecular complexity index is 755. The first-order valence-electron chi connectivity index (χ1n) is 5.95. The van der Waals surface area contributed by atoms with Crippen molar-refractivity contribution >= 4 is 15.7 Å². The molecule has 112 valence electrons. The highest BCUT2D eigenvalue weighted by Crippen LogP contribution is 2.31. The molecule has 0 atom stereocenters. The highest BCUT2D eigenvalue weighted by molar-refractivity contribution is 7.92. The number of halogens is 3. The van der Waals surface area contributed by atoms with E-state index < -0.39 is 21.8 Å². The highest BCUT2D eigenvalue weighted by Gasteiger charge is 2.30. The van der Waals surface area contributed by atoms with Crippen LogP contribution in [0.2, 0.25) is 0 Å². The van der Waals surface area contributed by atoms with Crippen molar-refractivity contribution in [1.82, 2.24) is 0 Å². The maximum atomic E-state index is 12.6. The topological polar surface area (TPSA) is 46.2 Å². The van der Waals surface area contributed by atoms with E-state index in [0.29, 0.717) is 0 Å². The molecule has 0 bridgehead atoms. The standard InChI is InChI=1S/C14H12F3NO2S/c1-10-4-2-7-13(8-10)21(19,20)18-12-6-3-5-11(9-12)14(15,16)17/h2-9,18H,1H3. The van der Waals surface area contributed by atoms with E-state index >= 15 is 0 Å². The van der Waals surface area contributed by atoms with Crippen LogP contribution in [0.25, 0.3) is 0 Å². The van der Waals surface area contributed by atoms with Gasteiger partial charge in [-0.2, -0.15) is 13.2 Å². The van der Waals surface area contributed by atoms with E-state index in [9.17, 15) is 21.6 Å². The number of anilines is 1. The molecule has 0 saturated carbocycles. The zero-order chi connectivity index (χ0) is 15.7. The molecule has 0 aromatic heterocycles. The number of sulfonamides is 1. The molecule has 0 aliphatic carbocycles. The third kappa shape index (κ3) is 3.75. The molecule has 0 amide bonds. The number of hydrogen-bond acceptors (Lipinski definition) is 2. The second-order valence-electron chi connectivity index (χ2n) is 4.50. The number of aryl methyl sites for hydroxylation is 1. The van der Waals surface area contributed by atoms with Crippen LogP contribution >= 0.6 is 0 Å². The Morgan fingerprint density at radius 2 is 1.67 bits per heavy atom. The number of nitrogens with one attached hydrogen (secondary N) is 1. The van der Waals surface area contributed by atoms with Crippen LogP contribution in [0.3, 0.4) is 0 Å². The lowest BCUT2D eigenvalue weighted by atomic mass is 10.2. The lowest BCUT2D eigenvalue weighted by Gasteiger charge is -2.11. The number of hydrogen-bond donors (Lipinski definition) is 1. The van der Waals surface area contributed by atoms with Gasteiger partial charge in [-0.15, -0.1) is 0 Å². The Kier molecular flexibility index (Phi) is 3.95. The maximum Gasteiger partial charge on any atom is 0.416 e. The van der Waals surface area contributed by atoms with E-state index in [1.165, 1.54) is 18.2 Å². The molecule has 0 aliphatic rings. The molecule has 0 aliphatic heterocycles. The van der Waals surface area contributed by atoms with Gasteiger partial charge in [-0.05, 0) is 42.8 Å². The summed E-state index contributed by atoms with van der Waals surface area (Å²) in [5.41, 5.74) is -0.305. The summed E-state index contributed by atoms with van der Waals surface area (Å²) < 4.78 is 64.2. The summed E-state index contributed by atoms with van der Waals surface area (Å²) in [6.45, 7) is 1.73. The van der Waals surface area contributed by atoms with E-state index in [4.69, 9.17) is 0 Å². The minimum atomic E-state index is -4.52. The lowest BCUT2D eigenvalue weighted by Crippen LogP contribution is -2.14. The summed E-state index contributed by atoms with van der Waals surface area (Å²) in [6.07, 6.45) is -4.52.